The van der Waals surface area contributed by atoms with E-state index in [1.807, 2.05) is 26.8 Å². The fourth-order valence-corrected chi connectivity index (χ4v) is 3.89. The Bertz CT molecular complexity index is 925. The van der Waals surface area contributed by atoms with Crippen molar-refractivity contribution in [2.45, 2.75) is 43.6 Å². The van der Waals surface area contributed by atoms with Crippen LogP contribution in [0.15, 0.2) is 23.5 Å². The van der Waals surface area contributed by atoms with E-state index in [2.05, 4.69) is 30.0 Å². The van der Waals surface area contributed by atoms with Crippen LogP contribution in [0.5, 0.6) is 5.88 Å². The summed E-state index contributed by atoms with van der Waals surface area (Å²) in [6.45, 7) is 5.94. The number of pyridine rings is 1. The molecule has 0 aromatic carbocycles. The lowest BCUT2D eigenvalue weighted by molar-refractivity contribution is 0.259. The van der Waals surface area contributed by atoms with Crippen molar-refractivity contribution in [3.8, 4) is 5.88 Å². The van der Waals surface area contributed by atoms with Crippen LogP contribution in [0.1, 0.15) is 38.0 Å². The van der Waals surface area contributed by atoms with Gasteiger partial charge in [-0.05, 0) is 24.8 Å². The Balaban J connectivity index is 2.28. The highest BCUT2D eigenvalue weighted by Gasteiger charge is 2.17. The molecule has 1 unspecified atom stereocenters. The number of rotatable bonds is 11. The second kappa shape index (κ2) is 10.7. The molecule has 0 saturated heterocycles. The first-order valence-corrected chi connectivity index (χ1v) is 12.1. The van der Waals surface area contributed by atoms with Gasteiger partial charge in [0.05, 0.1) is 26.0 Å². The van der Waals surface area contributed by atoms with Crippen LogP contribution in [-0.2, 0) is 10.0 Å². The average molecular weight is 457 g/mol. The predicted octanol–water partition coefficient (Wildman–Crippen LogP) is 2.32. The van der Waals surface area contributed by atoms with E-state index in [1.54, 1.807) is 19.4 Å². The molecule has 0 bridgehead atoms. The zero-order valence-corrected chi connectivity index (χ0v) is 19.3. The minimum Gasteiger partial charge on any atom is -0.481 e. The van der Waals surface area contributed by atoms with Gasteiger partial charge in [-0.2, -0.15) is 15.0 Å². The molecule has 10 nitrogen and oxygen atoms in total. The Morgan fingerprint density at radius 2 is 1.87 bits per heavy atom. The lowest BCUT2D eigenvalue weighted by Gasteiger charge is -2.19. The Kier molecular flexibility index (Phi) is 8.62. The van der Waals surface area contributed by atoms with Crippen molar-refractivity contribution in [2.24, 2.45) is 5.92 Å². The molecule has 0 aliphatic rings. The van der Waals surface area contributed by atoms with Crippen molar-refractivity contribution in [3.05, 3.63) is 23.9 Å². The van der Waals surface area contributed by atoms with Gasteiger partial charge in [0.15, 0.2) is 5.16 Å². The number of nitrogens with zero attached hydrogens (tertiary/aromatic N) is 4. The van der Waals surface area contributed by atoms with Gasteiger partial charge in [-0.3, -0.25) is 4.72 Å². The van der Waals surface area contributed by atoms with E-state index in [1.165, 1.54) is 11.8 Å². The quantitative estimate of drug-likeness (QED) is 0.432. The number of ether oxygens (including phenoxy) is 1. The van der Waals surface area contributed by atoms with Crippen LogP contribution in [-0.4, -0.2) is 59.5 Å². The summed E-state index contributed by atoms with van der Waals surface area (Å²) >= 11 is 1.33. The minimum atomic E-state index is -3.57. The molecule has 166 valence electrons. The maximum atomic E-state index is 11.7. The molecule has 30 heavy (non-hydrogen) atoms. The summed E-state index contributed by atoms with van der Waals surface area (Å²) in [4.78, 5) is 17.0. The summed E-state index contributed by atoms with van der Waals surface area (Å²) in [7, 11) is -2.01. The zero-order chi connectivity index (χ0) is 22.3. The number of anilines is 2. The minimum absolute atomic E-state index is 0.0611. The first-order chi connectivity index (χ1) is 14.1. The largest absolute Gasteiger partial charge is 0.481 e. The smallest absolute Gasteiger partial charge is 0.242 e. The van der Waals surface area contributed by atoms with Gasteiger partial charge in [0, 0.05) is 17.5 Å². The monoisotopic (exact) mass is 456 g/mol. The van der Waals surface area contributed by atoms with Crippen molar-refractivity contribution in [2.75, 3.05) is 30.0 Å². The van der Waals surface area contributed by atoms with Crippen LogP contribution in [0.3, 0.4) is 0 Å². The van der Waals surface area contributed by atoms with E-state index in [0.29, 0.717) is 23.4 Å². The molecule has 2 atom stereocenters. The molecule has 2 rings (SSSR count). The molecular weight excluding hydrogens is 428 g/mol. The second-order valence-corrected chi connectivity index (χ2v) is 10.2. The molecule has 3 N–H and O–H groups in total. The van der Waals surface area contributed by atoms with Crippen LogP contribution in [0, 0.1) is 5.92 Å². The van der Waals surface area contributed by atoms with Gasteiger partial charge in [0.1, 0.15) is 0 Å². The summed E-state index contributed by atoms with van der Waals surface area (Å²) in [6.07, 6.45) is 3.43. The fraction of sp³-hybridized carbons (Fsp3) is 0.556. The highest BCUT2D eigenvalue weighted by Crippen LogP contribution is 2.33. The topological polar surface area (TPSA) is 139 Å². The van der Waals surface area contributed by atoms with E-state index in [4.69, 9.17) is 4.74 Å². The summed E-state index contributed by atoms with van der Waals surface area (Å²) in [5, 5.41) is 13.0. The number of aliphatic hydroxyl groups is 1. The van der Waals surface area contributed by atoms with Gasteiger partial charge < -0.3 is 15.2 Å². The summed E-state index contributed by atoms with van der Waals surface area (Å²) in [5.74, 6) is 0.973. The molecule has 12 heteroatoms. The van der Waals surface area contributed by atoms with E-state index in [-0.39, 0.29) is 29.8 Å². The SMILES string of the molecule is COc1ccc(C(C)Sc2nc(N[C@@H](CO)CC(C)C)nc(NS(C)(=O)=O)n2)cn1. The summed E-state index contributed by atoms with van der Waals surface area (Å²) in [5.41, 5.74) is 0.932. The van der Waals surface area contributed by atoms with Gasteiger partial charge in [-0.25, -0.2) is 13.4 Å². The summed E-state index contributed by atoms with van der Waals surface area (Å²) < 4.78 is 30.7. The van der Waals surface area contributed by atoms with Crippen molar-refractivity contribution >= 4 is 33.7 Å². The fourth-order valence-electron chi connectivity index (χ4n) is 2.60. The zero-order valence-electron chi connectivity index (χ0n) is 17.7. The van der Waals surface area contributed by atoms with Crippen molar-refractivity contribution in [1.29, 1.82) is 0 Å². The van der Waals surface area contributed by atoms with Crippen LogP contribution < -0.4 is 14.8 Å². The van der Waals surface area contributed by atoms with Gasteiger partial charge in [0.2, 0.25) is 27.8 Å². The first kappa shape index (κ1) is 24.1. The number of methoxy groups -OCH3 is 1. The van der Waals surface area contributed by atoms with E-state index in [0.717, 1.165) is 11.8 Å². The third kappa shape index (κ3) is 7.92. The first-order valence-electron chi connectivity index (χ1n) is 9.37. The van der Waals surface area contributed by atoms with Crippen molar-refractivity contribution < 1.29 is 18.3 Å². The number of aliphatic hydroxyl groups excluding tert-OH is 1. The number of nitrogens with one attached hydrogen (secondary N) is 2. The third-order valence-corrected chi connectivity index (χ3v) is 5.49. The van der Waals surface area contributed by atoms with Crippen molar-refractivity contribution in [3.63, 3.8) is 0 Å². The lowest BCUT2D eigenvalue weighted by atomic mass is 10.0. The predicted molar refractivity (Wildman–Crippen MR) is 117 cm³/mol. The Morgan fingerprint density at radius 1 is 1.17 bits per heavy atom. The number of sulfonamides is 1. The molecule has 2 heterocycles. The van der Waals surface area contributed by atoms with Gasteiger partial charge in [-0.15, -0.1) is 0 Å². The normalized spacial score (nSPS) is 13.7. The Morgan fingerprint density at radius 3 is 2.40 bits per heavy atom. The third-order valence-electron chi connectivity index (χ3n) is 3.92. The van der Waals surface area contributed by atoms with Crippen LogP contribution in [0.25, 0.3) is 0 Å². The molecule has 0 aliphatic heterocycles. The molecule has 0 fully saturated rings. The van der Waals surface area contributed by atoms with E-state index >= 15 is 0 Å². The molecule has 2 aromatic heterocycles. The summed E-state index contributed by atoms with van der Waals surface area (Å²) in [6, 6.07) is 3.39. The maximum Gasteiger partial charge on any atom is 0.242 e. The second-order valence-electron chi connectivity index (χ2n) is 7.19. The molecule has 2 aromatic rings. The van der Waals surface area contributed by atoms with E-state index < -0.39 is 10.0 Å². The number of hydrogen-bond donors (Lipinski definition) is 3. The molecule has 0 radical (unpaired) electrons. The highest BCUT2D eigenvalue weighted by molar-refractivity contribution is 7.99. The number of thioether (sulfide) groups is 1. The molecule has 0 saturated carbocycles. The van der Waals surface area contributed by atoms with Gasteiger partial charge in [-0.1, -0.05) is 31.7 Å². The highest BCUT2D eigenvalue weighted by atomic mass is 32.2. The maximum absolute atomic E-state index is 11.7. The number of hydrogen-bond acceptors (Lipinski definition) is 10. The Hall–Kier alpha value is -2.18. The molecule has 0 amide bonds. The van der Waals surface area contributed by atoms with Crippen LogP contribution in [0.2, 0.25) is 0 Å². The Labute approximate surface area is 181 Å². The van der Waals surface area contributed by atoms with Gasteiger partial charge >= 0.3 is 0 Å². The van der Waals surface area contributed by atoms with E-state index in [9.17, 15) is 13.5 Å². The molecule has 0 spiro atoms. The molecule has 0 aliphatic carbocycles. The molecular formula is C18H28N6O4S2. The van der Waals surface area contributed by atoms with Crippen molar-refractivity contribution in [1.82, 2.24) is 19.9 Å². The average Bonchev–Trinajstić information content (AvgIpc) is 2.65. The number of aromatic nitrogens is 4. The van der Waals surface area contributed by atoms with Gasteiger partial charge in [0.25, 0.3) is 0 Å². The standard InChI is InChI=1S/C18H28N6O4S2/c1-11(2)8-14(10-25)20-16-21-17(24-30(5,26)27)23-18(22-16)29-12(3)13-6-7-15(28-4)19-9-13/h6-7,9,11-12,14,25H,8,10H2,1-5H3,(H2,20,21,22,23,24)/t12?,14-/m1/s1. The van der Waals surface area contributed by atoms with Crippen LogP contribution in [0.4, 0.5) is 11.9 Å². The van der Waals surface area contributed by atoms with Crippen LogP contribution >= 0.6 is 11.8 Å². The lowest BCUT2D eigenvalue weighted by Crippen LogP contribution is -2.27.